The van der Waals surface area contributed by atoms with Crippen LogP contribution in [0.25, 0.3) is 0 Å². The van der Waals surface area contributed by atoms with Crippen LogP contribution in [0.15, 0.2) is 84.9 Å². The molecule has 0 amide bonds. The fourth-order valence-corrected chi connectivity index (χ4v) is 5.76. The van der Waals surface area contributed by atoms with Crippen molar-refractivity contribution in [1.82, 2.24) is 0 Å². The van der Waals surface area contributed by atoms with Crippen molar-refractivity contribution in [3.05, 3.63) is 123 Å². The second-order valence-electron chi connectivity index (χ2n) is 11.3. The van der Waals surface area contributed by atoms with Gasteiger partial charge >= 0.3 is 12.4 Å². The van der Waals surface area contributed by atoms with Crippen LogP contribution in [-0.4, -0.2) is 12.4 Å². The van der Waals surface area contributed by atoms with E-state index in [1.807, 2.05) is 26.0 Å². The smallest absolute Gasteiger partial charge is 0.411 e. The Bertz CT molecular complexity index is 1810. The van der Waals surface area contributed by atoms with Gasteiger partial charge in [-0.2, -0.15) is 36.9 Å². The number of nitriles is 2. The number of hydrogen-bond donors (Lipinski definition) is 0. The van der Waals surface area contributed by atoms with Crippen LogP contribution in [-0.2, 0) is 11.0 Å². The van der Waals surface area contributed by atoms with Gasteiger partial charge in [0.15, 0.2) is 0 Å². The van der Waals surface area contributed by atoms with Gasteiger partial charge in [0.1, 0.15) is 35.0 Å². The van der Waals surface area contributed by atoms with Gasteiger partial charge in [-0.3, -0.25) is 0 Å². The zero-order valence-corrected chi connectivity index (χ0v) is 26.5. The molecule has 1 unspecified atom stereocenters. The van der Waals surface area contributed by atoms with Crippen LogP contribution in [0.5, 0.6) is 17.2 Å². The maximum absolute atomic E-state index is 14.8. The molecular formula is C36H29ClF6N2O2. The minimum absolute atomic E-state index is 0.0131. The highest BCUT2D eigenvalue weighted by molar-refractivity contribution is 6.31. The molecule has 0 fully saturated rings. The Morgan fingerprint density at radius 3 is 1.70 bits per heavy atom. The molecule has 0 aliphatic heterocycles. The minimum atomic E-state index is -5.81. The Kier molecular flexibility index (Phi) is 9.89. The standard InChI is InChI=1S/C36H29ClF6N2O2/c1-5-33(4,30-9-7-10-31(37)29(30)21-45)47-26-18-14-24(15-19-26)34(35(38,39)40,36(41,42)43)23-12-16-25(17-13-23)46-32-11-6-8-27(22(2)3)28(32)20-44/h6-19,22H,5H2,1-4H3. The molecule has 4 rings (SSSR count). The van der Waals surface area contributed by atoms with Crippen LogP contribution in [0.1, 0.15) is 73.4 Å². The SMILES string of the molecule is CCC(C)(Oc1ccc(C(c2ccc(Oc3cccc(C(C)C)c3C#N)cc2)(C(F)(F)F)C(F)(F)F)cc1)c1cccc(Cl)c1C#N. The molecule has 1 atom stereocenters. The van der Waals surface area contributed by atoms with Gasteiger partial charge in [-0.1, -0.05) is 80.9 Å². The molecule has 0 saturated heterocycles. The third-order valence-electron chi connectivity index (χ3n) is 8.16. The number of ether oxygens (including phenoxy) is 2. The fraction of sp³-hybridized carbons (Fsp3) is 0.278. The normalized spacial score (nSPS) is 13.4. The summed E-state index contributed by atoms with van der Waals surface area (Å²) in [6, 6.07) is 20.7. The maximum Gasteiger partial charge on any atom is 0.411 e. The lowest BCUT2D eigenvalue weighted by Gasteiger charge is -2.38. The summed E-state index contributed by atoms with van der Waals surface area (Å²) < 4.78 is 101. The first-order chi connectivity index (χ1) is 22.0. The lowest BCUT2D eigenvalue weighted by molar-refractivity contribution is -0.288. The average molecular weight is 671 g/mol. The average Bonchev–Trinajstić information content (AvgIpc) is 3.01. The van der Waals surface area contributed by atoms with E-state index in [0.29, 0.717) is 17.5 Å². The summed E-state index contributed by atoms with van der Waals surface area (Å²) in [7, 11) is 0. The van der Waals surface area contributed by atoms with E-state index in [-0.39, 0.29) is 39.3 Å². The molecule has 4 nitrogen and oxygen atoms in total. The summed E-state index contributed by atoms with van der Waals surface area (Å²) in [5.74, 6) is 0.0264. The fourth-order valence-electron chi connectivity index (χ4n) is 5.55. The molecule has 0 heterocycles. The summed E-state index contributed by atoms with van der Waals surface area (Å²) in [6.07, 6.45) is -11.3. The van der Waals surface area contributed by atoms with Crippen molar-refractivity contribution in [3.8, 4) is 29.4 Å². The third kappa shape index (κ3) is 6.48. The van der Waals surface area contributed by atoms with Crippen molar-refractivity contribution in [1.29, 1.82) is 10.5 Å². The highest BCUT2D eigenvalue weighted by Crippen LogP contribution is 2.56. The van der Waals surface area contributed by atoms with Crippen LogP contribution >= 0.6 is 11.6 Å². The zero-order valence-electron chi connectivity index (χ0n) is 25.7. The molecule has 0 aromatic heterocycles. The zero-order chi connectivity index (χ0) is 34.8. The Morgan fingerprint density at radius 2 is 1.23 bits per heavy atom. The predicted octanol–water partition coefficient (Wildman–Crippen LogP) is 11.1. The summed E-state index contributed by atoms with van der Waals surface area (Å²) in [5, 5.41) is 19.5. The van der Waals surface area contributed by atoms with Gasteiger partial charge in [0.2, 0.25) is 5.41 Å². The second kappa shape index (κ2) is 13.2. The summed E-state index contributed by atoms with van der Waals surface area (Å²) in [4.78, 5) is 0. The number of benzene rings is 4. The first-order valence-corrected chi connectivity index (χ1v) is 14.8. The van der Waals surface area contributed by atoms with E-state index in [1.54, 1.807) is 38.1 Å². The van der Waals surface area contributed by atoms with Crippen LogP contribution in [0, 0.1) is 22.7 Å². The van der Waals surface area contributed by atoms with Crippen molar-refractivity contribution >= 4 is 11.6 Å². The van der Waals surface area contributed by atoms with Crippen LogP contribution in [0.3, 0.4) is 0 Å². The van der Waals surface area contributed by atoms with Crippen molar-refractivity contribution in [2.45, 2.75) is 63.4 Å². The monoisotopic (exact) mass is 670 g/mol. The molecule has 4 aromatic carbocycles. The number of rotatable bonds is 9. The molecule has 0 aliphatic rings. The van der Waals surface area contributed by atoms with Crippen molar-refractivity contribution in [3.63, 3.8) is 0 Å². The minimum Gasteiger partial charge on any atom is -0.483 e. The van der Waals surface area contributed by atoms with Gasteiger partial charge in [-0.15, -0.1) is 0 Å². The number of halogens is 7. The Balaban J connectivity index is 1.76. The summed E-state index contributed by atoms with van der Waals surface area (Å²) in [6.45, 7) is 7.14. The highest BCUT2D eigenvalue weighted by Gasteiger charge is 2.72. The first-order valence-electron chi connectivity index (χ1n) is 14.5. The van der Waals surface area contributed by atoms with Gasteiger partial charge in [0.25, 0.3) is 0 Å². The Labute approximate surface area is 273 Å². The number of nitrogens with zero attached hydrogens (tertiary/aromatic N) is 2. The van der Waals surface area contributed by atoms with E-state index < -0.39 is 34.5 Å². The van der Waals surface area contributed by atoms with Crippen LogP contribution in [0.4, 0.5) is 26.3 Å². The first kappa shape index (κ1) is 35.2. The molecule has 47 heavy (non-hydrogen) atoms. The van der Waals surface area contributed by atoms with Crippen molar-refractivity contribution in [2.24, 2.45) is 0 Å². The van der Waals surface area contributed by atoms with Crippen molar-refractivity contribution < 1.29 is 35.8 Å². The Morgan fingerprint density at radius 1 is 0.723 bits per heavy atom. The molecule has 244 valence electrons. The van der Waals surface area contributed by atoms with E-state index >= 15 is 0 Å². The molecule has 0 bridgehead atoms. The molecule has 0 saturated carbocycles. The number of alkyl halides is 6. The lowest BCUT2D eigenvalue weighted by Crippen LogP contribution is -2.54. The second-order valence-corrected chi connectivity index (χ2v) is 11.8. The van der Waals surface area contributed by atoms with E-state index in [9.17, 15) is 36.9 Å². The maximum atomic E-state index is 14.8. The third-order valence-corrected chi connectivity index (χ3v) is 8.47. The molecule has 11 heteroatoms. The largest absolute Gasteiger partial charge is 0.483 e. The quantitative estimate of drug-likeness (QED) is 0.166. The molecule has 0 N–H and O–H groups in total. The van der Waals surface area contributed by atoms with Crippen molar-refractivity contribution in [2.75, 3.05) is 0 Å². The summed E-state index contributed by atoms with van der Waals surface area (Å²) >= 11 is 6.18. The summed E-state index contributed by atoms with van der Waals surface area (Å²) in [5.41, 5.74) is -6.28. The van der Waals surface area contributed by atoms with E-state index in [4.69, 9.17) is 21.1 Å². The number of hydrogen-bond acceptors (Lipinski definition) is 4. The topological polar surface area (TPSA) is 66.0 Å². The highest BCUT2D eigenvalue weighted by atomic mass is 35.5. The lowest BCUT2D eigenvalue weighted by atomic mass is 9.73. The molecule has 0 spiro atoms. The van der Waals surface area contributed by atoms with E-state index in [0.717, 1.165) is 48.5 Å². The van der Waals surface area contributed by atoms with Gasteiger partial charge in [-0.25, -0.2) is 0 Å². The van der Waals surface area contributed by atoms with Crippen LogP contribution in [0.2, 0.25) is 5.02 Å². The van der Waals surface area contributed by atoms with Gasteiger partial charge in [0.05, 0.1) is 16.1 Å². The Hall–Kier alpha value is -4.67. The predicted molar refractivity (Wildman–Crippen MR) is 166 cm³/mol. The van der Waals surface area contributed by atoms with Gasteiger partial charge < -0.3 is 9.47 Å². The molecule has 0 radical (unpaired) electrons. The molecule has 4 aromatic rings. The molecule has 0 aliphatic carbocycles. The van der Waals surface area contributed by atoms with E-state index in [1.165, 1.54) is 12.1 Å². The molecular weight excluding hydrogens is 642 g/mol. The van der Waals surface area contributed by atoms with Gasteiger partial charge in [-0.05, 0) is 72.4 Å². The van der Waals surface area contributed by atoms with Crippen LogP contribution < -0.4 is 9.47 Å². The van der Waals surface area contributed by atoms with E-state index in [2.05, 4.69) is 0 Å². The van der Waals surface area contributed by atoms with Gasteiger partial charge in [0, 0.05) is 5.56 Å².